The van der Waals surface area contributed by atoms with Crippen molar-refractivity contribution in [3.05, 3.63) is 58.1 Å². The second-order valence-corrected chi connectivity index (χ2v) is 5.10. The molecule has 0 aliphatic heterocycles. The molecule has 96 valence electrons. The summed E-state index contributed by atoms with van der Waals surface area (Å²) >= 11 is 5.37. The normalized spacial score (nSPS) is 11.1. The number of H-pyrrole nitrogens is 1. The lowest BCUT2D eigenvalue weighted by molar-refractivity contribution is 0.626. The van der Waals surface area contributed by atoms with Gasteiger partial charge in [0.2, 0.25) is 0 Å². The van der Waals surface area contributed by atoms with Crippen LogP contribution in [0.15, 0.2) is 36.4 Å². The Morgan fingerprint density at radius 1 is 1.11 bits per heavy atom. The number of rotatable bonds is 1. The second kappa shape index (κ2) is 4.31. The summed E-state index contributed by atoms with van der Waals surface area (Å²) in [7, 11) is 0. The number of hydrogen-bond donors (Lipinski definition) is 1. The maximum absolute atomic E-state index is 13.5. The highest BCUT2D eigenvalue weighted by Crippen LogP contribution is 2.23. The quantitative estimate of drug-likeness (QED) is 0.649. The van der Waals surface area contributed by atoms with E-state index in [9.17, 15) is 4.39 Å². The summed E-state index contributed by atoms with van der Waals surface area (Å²) in [6, 6.07) is 10.8. The fourth-order valence-electron chi connectivity index (χ4n) is 2.29. The number of fused-ring (bicyclic) bond motifs is 1. The Morgan fingerprint density at radius 2 is 1.89 bits per heavy atom. The van der Waals surface area contributed by atoms with Crippen molar-refractivity contribution < 1.29 is 4.39 Å². The van der Waals surface area contributed by atoms with Crippen LogP contribution in [0.3, 0.4) is 0 Å². The van der Waals surface area contributed by atoms with E-state index in [1.165, 1.54) is 12.1 Å². The Balaban J connectivity index is 2.39. The number of imidazole rings is 1. The van der Waals surface area contributed by atoms with E-state index in [2.05, 4.69) is 4.98 Å². The van der Waals surface area contributed by atoms with E-state index in [-0.39, 0.29) is 5.82 Å². The first-order valence-electron chi connectivity index (χ1n) is 6.04. The van der Waals surface area contributed by atoms with Crippen molar-refractivity contribution in [1.29, 1.82) is 0 Å². The van der Waals surface area contributed by atoms with Gasteiger partial charge in [0.25, 0.3) is 0 Å². The first-order chi connectivity index (χ1) is 9.06. The van der Waals surface area contributed by atoms with Crippen molar-refractivity contribution in [3.8, 4) is 5.69 Å². The van der Waals surface area contributed by atoms with Gasteiger partial charge in [0.05, 0.1) is 16.7 Å². The van der Waals surface area contributed by atoms with E-state index in [4.69, 9.17) is 12.2 Å². The monoisotopic (exact) mass is 272 g/mol. The van der Waals surface area contributed by atoms with Crippen molar-refractivity contribution in [3.63, 3.8) is 0 Å². The van der Waals surface area contributed by atoms with Crippen LogP contribution in [-0.4, -0.2) is 9.55 Å². The predicted octanol–water partition coefficient (Wildman–Crippen LogP) is 4.44. The smallest absolute Gasteiger partial charge is 0.182 e. The van der Waals surface area contributed by atoms with Crippen LogP contribution in [0.4, 0.5) is 4.39 Å². The number of aromatic amines is 1. The highest BCUT2D eigenvalue weighted by Gasteiger charge is 2.09. The predicted molar refractivity (Wildman–Crippen MR) is 77.9 cm³/mol. The number of benzene rings is 2. The van der Waals surface area contributed by atoms with Gasteiger partial charge in [-0.15, -0.1) is 0 Å². The van der Waals surface area contributed by atoms with Gasteiger partial charge in [-0.1, -0.05) is 12.1 Å². The van der Waals surface area contributed by atoms with Crippen LogP contribution in [0.5, 0.6) is 0 Å². The van der Waals surface area contributed by atoms with E-state index in [1.54, 1.807) is 6.07 Å². The number of halogens is 1. The van der Waals surface area contributed by atoms with Crippen LogP contribution in [0.2, 0.25) is 0 Å². The van der Waals surface area contributed by atoms with E-state index in [1.807, 2.05) is 36.6 Å². The maximum atomic E-state index is 13.5. The third-order valence-electron chi connectivity index (χ3n) is 3.25. The van der Waals surface area contributed by atoms with Crippen LogP contribution in [0.1, 0.15) is 11.1 Å². The molecular formula is C15H13FN2S. The van der Waals surface area contributed by atoms with Crippen LogP contribution in [0, 0.1) is 24.4 Å². The molecule has 1 heterocycles. The van der Waals surface area contributed by atoms with Crippen molar-refractivity contribution in [1.82, 2.24) is 9.55 Å². The lowest BCUT2D eigenvalue weighted by Crippen LogP contribution is -1.98. The average molecular weight is 272 g/mol. The molecule has 19 heavy (non-hydrogen) atoms. The van der Waals surface area contributed by atoms with Gasteiger partial charge in [-0.25, -0.2) is 4.39 Å². The van der Waals surface area contributed by atoms with Crippen molar-refractivity contribution in [2.24, 2.45) is 0 Å². The Bertz CT molecular complexity index is 830. The zero-order chi connectivity index (χ0) is 13.6. The number of hydrogen-bond acceptors (Lipinski definition) is 1. The Morgan fingerprint density at radius 3 is 2.68 bits per heavy atom. The van der Waals surface area contributed by atoms with Crippen molar-refractivity contribution in [2.75, 3.05) is 0 Å². The standard InChI is InChI=1S/C15H13FN2S/c1-9-3-6-13-12(7-9)17-15(19)18(13)14-8-11(16)5-4-10(14)2/h3-8H,1-2H3,(H,17,19). The minimum absolute atomic E-state index is 0.260. The molecular weight excluding hydrogens is 259 g/mol. The molecule has 0 atom stereocenters. The molecule has 0 unspecified atom stereocenters. The first kappa shape index (κ1) is 12.1. The highest BCUT2D eigenvalue weighted by atomic mass is 32.1. The average Bonchev–Trinajstić information content (AvgIpc) is 2.67. The highest BCUT2D eigenvalue weighted by molar-refractivity contribution is 7.71. The Kier molecular flexibility index (Phi) is 2.75. The molecule has 0 fully saturated rings. The van der Waals surface area contributed by atoms with Crippen LogP contribution in [-0.2, 0) is 0 Å². The lowest BCUT2D eigenvalue weighted by Gasteiger charge is -2.08. The molecule has 2 nitrogen and oxygen atoms in total. The molecule has 0 saturated heterocycles. The third kappa shape index (κ3) is 1.98. The molecule has 1 aromatic heterocycles. The zero-order valence-corrected chi connectivity index (χ0v) is 11.5. The van der Waals surface area contributed by atoms with E-state index in [0.717, 1.165) is 27.8 Å². The first-order valence-corrected chi connectivity index (χ1v) is 6.45. The molecule has 0 bridgehead atoms. The van der Waals surface area contributed by atoms with Crippen LogP contribution >= 0.6 is 12.2 Å². The lowest BCUT2D eigenvalue weighted by atomic mass is 10.2. The molecule has 0 saturated carbocycles. The Labute approximate surface area is 115 Å². The fraction of sp³-hybridized carbons (Fsp3) is 0.133. The summed E-state index contributed by atoms with van der Waals surface area (Å²) in [4.78, 5) is 3.17. The zero-order valence-electron chi connectivity index (χ0n) is 10.7. The number of aromatic nitrogens is 2. The summed E-state index contributed by atoms with van der Waals surface area (Å²) in [5, 5.41) is 0. The number of nitrogens with one attached hydrogen (secondary N) is 1. The topological polar surface area (TPSA) is 20.7 Å². The minimum atomic E-state index is -0.260. The van der Waals surface area contributed by atoms with Gasteiger partial charge in [0.1, 0.15) is 5.82 Å². The molecule has 0 spiro atoms. The molecule has 4 heteroatoms. The van der Waals surface area contributed by atoms with Gasteiger partial charge in [0, 0.05) is 0 Å². The minimum Gasteiger partial charge on any atom is -0.330 e. The molecule has 0 aliphatic rings. The molecule has 0 radical (unpaired) electrons. The summed E-state index contributed by atoms with van der Waals surface area (Å²) in [6.45, 7) is 3.98. The van der Waals surface area contributed by atoms with Gasteiger partial charge in [-0.2, -0.15) is 0 Å². The largest absolute Gasteiger partial charge is 0.330 e. The van der Waals surface area contributed by atoms with Crippen LogP contribution in [0.25, 0.3) is 16.7 Å². The van der Waals surface area contributed by atoms with Gasteiger partial charge in [0.15, 0.2) is 4.77 Å². The molecule has 3 aromatic rings. The second-order valence-electron chi connectivity index (χ2n) is 4.72. The fourth-order valence-corrected chi connectivity index (χ4v) is 2.59. The van der Waals surface area contributed by atoms with Gasteiger partial charge >= 0.3 is 0 Å². The third-order valence-corrected chi connectivity index (χ3v) is 3.53. The van der Waals surface area contributed by atoms with Gasteiger partial charge in [-0.05, 0) is 61.5 Å². The molecule has 0 aliphatic carbocycles. The summed E-state index contributed by atoms with van der Waals surface area (Å²) < 4.78 is 15.9. The molecule has 1 N–H and O–H groups in total. The Hall–Kier alpha value is -1.94. The SMILES string of the molecule is Cc1ccc2c(c1)[nH]c(=S)n2-c1cc(F)ccc1C. The molecule has 3 rings (SSSR count). The van der Waals surface area contributed by atoms with E-state index >= 15 is 0 Å². The van der Waals surface area contributed by atoms with E-state index < -0.39 is 0 Å². The van der Waals surface area contributed by atoms with E-state index in [0.29, 0.717) is 4.77 Å². The van der Waals surface area contributed by atoms with Gasteiger partial charge in [-0.3, -0.25) is 4.57 Å². The van der Waals surface area contributed by atoms with Gasteiger partial charge < -0.3 is 4.98 Å². The van der Waals surface area contributed by atoms with Crippen molar-refractivity contribution >= 4 is 23.3 Å². The van der Waals surface area contributed by atoms with Crippen LogP contribution < -0.4 is 0 Å². The molecule has 2 aromatic carbocycles. The summed E-state index contributed by atoms with van der Waals surface area (Å²) in [6.07, 6.45) is 0. The maximum Gasteiger partial charge on any atom is 0.182 e. The molecule has 0 amide bonds. The van der Waals surface area contributed by atoms with Crippen molar-refractivity contribution in [2.45, 2.75) is 13.8 Å². The number of nitrogens with zero attached hydrogens (tertiary/aromatic N) is 1. The summed E-state index contributed by atoms with van der Waals surface area (Å²) in [5.41, 5.74) is 4.85. The number of aryl methyl sites for hydroxylation is 2. The summed E-state index contributed by atoms with van der Waals surface area (Å²) in [5.74, 6) is -0.260.